The van der Waals surface area contributed by atoms with E-state index in [9.17, 15) is 15.0 Å². The lowest BCUT2D eigenvalue weighted by atomic mass is 9.69. The second-order valence-electron chi connectivity index (χ2n) is 4.38. The molecule has 0 aromatic carbocycles. The fourth-order valence-electron chi connectivity index (χ4n) is 2.46. The first kappa shape index (κ1) is 11.2. The molecule has 2 fully saturated rings. The number of carbonyl (C=O) groups is 1. The van der Waals surface area contributed by atoms with E-state index in [-0.39, 0.29) is 6.61 Å². The average molecular weight is 232 g/mol. The van der Waals surface area contributed by atoms with Crippen molar-refractivity contribution in [3.05, 3.63) is 0 Å². The Kier molecular flexibility index (Phi) is 2.96. The predicted octanol–water partition coefficient (Wildman–Crippen LogP) is 0.736. The van der Waals surface area contributed by atoms with Crippen molar-refractivity contribution in [2.45, 2.75) is 24.9 Å². The second kappa shape index (κ2) is 3.96. The number of ether oxygens (including phenoxy) is 1. The van der Waals surface area contributed by atoms with Gasteiger partial charge < -0.3 is 14.9 Å². The molecule has 0 aromatic rings. The van der Waals surface area contributed by atoms with Crippen LogP contribution in [0.2, 0.25) is 0 Å². The van der Waals surface area contributed by atoms with Crippen molar-refractivity contribution < 1.29 is 19.7 Å². The number of rotatable bonds is 2. The Morgan fingerprint density at radius 1 is 1.40 bits per heavy atom. The summed E-state index contributed by atoms with van der Waals surface area (Å²) in [6.07, 6.45) is 1.84. The molecule has 2 unspecified atom stereocenters. The average Bonchev–Trinajstić information content (AvgIpc) is 2.69. The van der Waals surface area contributed by atoms with Gasteiger partial charge in [0.05, 0.1) is 6.61 Å². The van der Waals surface area contributed by atoms with E-state index >= 15 is 0 Å². The van der Waals surface area contributed by atoms with Crippen molar-refractivity contribution in [1.29, 1.82) is 0 Å². The molecule has 2 heterocycles. The first-order valence-corrected chi connectivity index (χ1v) is 6.37. The van der Waals surface area contributed by atoms with Gasteiger partial charge in [0, 0.05) is 12.4 Å². The van der Waals surface area contributed by atoms with Crippen LogP contribution in [0.25, 0.3) is 0 Å². The highest BCUT2D eigenvalue weighted by molar-refractivity contribution is 7.99. The predicted molar refractivity (Wildman–Crippen MR) is 57.0 cm³/mol. The van der Waals surface area contributed by atoms with E-state index in [4.69, 9.17) is 4.74 Å². The molecule has 86 valence electrons. The molecule has 2 aliphatic heterocycles. The lowest BCUT2D eigenvalue weighted by Crippen LogP contribution is -2.58. The normalized spacial score (nSPS) is 41.7. The van der Waals surface area contributed by atoms with Gasteiger partial charge in [-0.1, -0.05) is 0 Å². The minimum absolute atomic E-state index is 0.167. The standard InChI is InChI=1S/C10H16O4S/c11-8(12)9(3-5-15-7-9)10(13)2-1-4-14-6-10/h13H,1-7H2,(H,11,12). The molecule has 2 saturated heterocycles. The van der Waals surface area contributed by atoms with Gasteiger partial charge >= 0.3 is 5.97 Å². The Bertz CT molecular complexity index is 254. The highest BCUT2D eigenvalue weighted by Crippen LogP contribution is 2.48. The Hall–Kier alpha value is -0.260. The largest absolute Gasteiger partial charge is 0.481 e. The molecule has 0 amide bonds. The number of carboxylic acid groups (broad SMARTS) is 1. The molecule has 0 aliphatic carbocycles. The third kappa shape index (κ3) is 1.66. The van der Waals surface area contributed by atoms with Crippen LogP contribution in [0.5, 0.6) is 0 Å². The Labute approximate surface area is 93.0 Å². The topological polar surface area (TPSA) is 66.8 Å². The number of carboxylic acids is 1. The first-order chi connectivity index (χ1) is 7.11. The smallest absolute Gasteiger partial charge is 0.313 e. The Morgan fingerprint density at radius 3 is 2.67 bits per heavy atom. The van der Waals surface area contributed by atoms with E-state index in [1.165, 1.54) is 0 Å². The Morgan fingerprint density at radius 2 is 2.20 bits per heavy atom. The van der Waals surface area contributed by atoms with Crippen molar-refractivity contribution in [2.75, 3.05) is 24.7 Å². The molecule has 5 heteroatoms. The van der Waals surface area contributed by atoms with Crippen LogP contribution in [0.1, 0.15) is 19.3 Å². The van der Waals surface area contributed by atoms with Crippen LogP contribution < -0.4 is 0 Å². The van der Waals surface area contributed by atoms with Gasteiger partial charge in [0.2, 0.25) is 0 Å². The summed E-state index contributed by atoms with van der Waals surface area (Å²) in [5, 5.41) is 19.8. The van der Waals surface area contributed by atoms with Crippen LogP contribution in [0.3, 0.4) is 0 Å². The summed E-state index contributed by atoms with van der Waals surface area (Å²) in [4.78, 5) is 11.4. The maximum absolute atomic E-state index is 11.4. The van der Waals surface area contributed by atoms with Gasteiger partial charge in [-0.3, -0.25) is 4.79 Å². The van der Waals surface area contributed by atoms with E-state index in [0.29, 0.717) is 25.2 Å². The van der Waals surface area contributed by atoms with E-state index in [0.717, 1.165) is 12.2 Å². The summed E-state index contributed by atoms with van der Waals surface area (Å²) in [6, 6.07) is 0. The zero-order valence-corrected chi connectivity index (χ0v) is 9.39. The van der Waals surface area contributed by atoms with E-state index in [2.05, 4.69) is 0 Å². The lowest BCUT2D eigenvalue weighted by molar-refractivity contribution is -0.185. The molecule has 0 spiro atoms. The molecule has 0 radical (unpaired) electrons. The monoisotopic (exact) mass is 232 g/mol. The van der Waals surface area contributed by atoms with Crippen LogP contribution in [-0.4, -0.2) is 46.5 Å². The third-order valence-corrected chi connectivity index (χ3v) is 4.73. The highest BCUT2D eigenvalue weighted by atomic mass is 32.2. The molecular weight excluding hydrogens is 216 g/mol. The van der Waals surface area contributed by atoms with Crippen LogP contribution in [0.15, 0.2) is 0 Å². The fourth-order valence-corrected chi connectivity index (χ4v) is 3.98. The number of aliphatic hydroxyl groups is 1. The maximum Gasteiger partial charge on any atom is 0.313 e. The molecule has 15 heavy (non-hydrogen) atoms. The first-order valence-electron chi connectivity index (χ1n) is 5.22. The van der Waals surface area contributed by atoms with Gasteiger partial charge in [-0.2, -0.15) is 11.8 Å². The molecule has 0 saturated carbocycles. The fraction of sp³-hybridized carbons (Fsp3) is 0.900. The van der Waals surface area contributed by atoms with Crippen molar-refractivity contribution >= 4 is 17.7 Å². The summed E-state index contributed by atoms with van der Waals surface area (Å²) >= 11 is 1.61. The van der Waals surface area contributed by atoms with Crippen LogP contribution >= 0.6 is 11.8 Å². The minimum atomic E-state index is -1.17. The zero-order valence-electron chi connectivity index (χ0n) is 8.57. The quantitative estimate of drug-likeness (QED) is 0.735. The van der Waals surface area contributed by atoms with Crippen LogP contribution in [0, 0.1) is 5.41 Å². The number of thioether (sulfide) groups is 1. The molecule has 4 nitrogen and oxygen atoms in total. The zero-order chi connectivity index (χ0) is 10.9. The van der Waals surface area contributed by atoms with Gasteiger partial charge in [0.15, 0.2) is 0 Å². The van der Waals surface area contributed by atoms with E-state index < -0.39 is 17.0 Å². The highest BCUT2D eigenvalue weighted by Gasteiger charge is 2.58. The van der Waals surface area contributed by atoms with Gasteiger partial charge in [-0.05, 0) is 25.0 Å². The number of hydrogen-bond donors (Lipinski definition) is 2. The summed E-state index contributed by atoms with van der Waals surface area (Å²) in [5.74, 6) is 0.442. The summed E-state index contributed by atoms with van der Waals surface area (Å²) < 4.78 is 5.25. The third-order valence-electron chi connectivity index (χ3n) is 3.54. The van der Waals surface area contributed by atoms with Crippen LogP contribution in [0.4, 0.5) is 0 Å². The van der Waals surface area contributed by atoms with Crippen LogP contribution in [-0.2, 0) is 9.53 Å². The maximum atomic E-state index is 11.4. The number of hydrogen-bond acceptors (Lipinski definition) is 4. The molecule has 0 aromatic heterocycles. The molecule has 2 rings (SSSR count). The lowest BCUT2D eigenvalue weighted by Gasteiger charge is -2.43. The van der Waals surface area contributed by atoms with Crippen molar-refractivity contribution in [1.82, 2.24) is 0 Å². The summed E-state index contributed by atoms with van der Waals surface area (Å²) in [5.41, 5.74) is -2.15. The molecule has 2 atom stereocenters. The molecule has 0 bridgehead atoms. The summed E-state index contributed by atoms with van der Waals surface area (Å²) in [7, 11) is 0. The molecular formula is C10H16O4S. The summed E-state index contributed by atoms with van der Waals surface area (Å²) in [6.45, 7) is 0.797. The SMILES string of the molecule is O=C(O)C1(C2(O)CCCOC2)CCSC1. The van der Waals surface area contributed by atoms with E-state index in [1.807, 2.05) is 0 Å². The van der Waals surface area contributed by atoms with Gasteiger partial charge in [-0.25, -0.2) is 0 Å². The van der Waals surface area contributed by atoms with Crippen molar-refractivity contribution in [2.24, 2.45) is 5.41 Å². The number of aliphatic carboxylic acids is 1. The molecule has 2 N–H and O–H groups in total. The second-order valence-corrected chi connectivity index (χ2v) is 5.48. The van der Waals surface area contributed by atoms with Gasteiger partial charge in [-0.15, -0.1) is 0 Å². The van der Waals surface area contributed by atoms with E-state index in [1.54, 1.807) is 11.8 Å². The van der Waals surface area contributed by atoms with Gasteiger partial charge in [0.1, 0.15) is 11.0 Å². The van der Waals surface area contributed by atoms with Crippen molar-refractivity contribution in [3.8, 4) is 0 Å². The van der Waals surface area contributed by atoms with Gasteiger partial charge in [0.25, 0.3) is 0 Å². The Balaban J connectivity index is 2.26. The van der Waals surface area contributed by atoms with Crippen molar-refractivity contribution in [3.63, 3.8) is 0 Å². The minimum Gasteiger partial charge on any atom is -0.481 e. The molecule has 2 aliphatic rings.